The highest BCUT2D eigenvalue weighted by Crippen LogP contribution is 2.28. The van der Waals surface area contributed by atoms with Gasteiger partial charge in [0.1, 0.15) is 0 Å². The SMILES string of the molecule is CC(C)[C@@H](Sc1nc2ccccc2c(=O)n1C[C@@H]1CCCO1)C(=O)NC(N)=O. The molecule has 3 rings (SSSR count). The molecule has 3 amide bonds. The highest BCUT2D eigenvalue weighted by molar-refractivity contribution is 8.00. The number of hydrogen-bond donors (Lipinski definition) is 2. The first-order chi connectivity index (χ1) is 13.4. The van der Waals surface area contributed by atoms with Crippen LogP contribution in [0.25, 0.3) is 10.9 Å². The van der Waals surface area contributed by atoms with Crippen molar-refractivity contribution in [3.05, 3.63) is 34.6 Å². The number of ether oxygens (including phenoxy) is 1. The molecule has 2 atom stereocenters. The number of nitrogens with two attached hydrogens (primary N) is 1. The Hall–Kier alpha value is -2.39. The first-order valence-corrected chi connectivity index (χ1v) is 10.1. The van der Waals surface area contributed by atoms with Gasteiger partial charge >= 0.3 is 6.03 Å². The largest absolute Gasteiger partial charge is 0.376 e. The van der Waals surface area contributed by atoms with Crippen molar-refractivity contribution in [3.63, 3.8) is 0 Å². The Morgan fingerprint density at radius 3 is 2.79 bits per heavy atom. The Balaban J connectivity index is 2.02. The summed E-state index contributed by atoms with van der Waals surface area (Å²) >= 11 is 1.16. The maximum atomic E-state index is 13.1. The van der Waals surface area contributed by atoms with E-state index in [4.69, 9.17) is 10.5 Å². The normalized spacial score (nSPS) is 17.8. The lowest BCUT2D eigenvalue weighted by Crippen LogP contribution is -2.42. The van der Waals surface area contributed by atoms with Crippen molar-refractivity contribution in [2.75, 3.05) is 6.61 Å². The van der Waals surface area contributed by atoms with Crippen molar-refractivity contribution in [2.45, 2.75) is 49.7 Å². The molecule has 0 radical (unpaired) electrons. The molecule has 0 spiro atoms. The van der Waals surface area contributed by atoms with Gasteiger partial charge in [0, 0.05) is 6.61 Å². The number of primary amides is 1. The van der Waals surface area contributed by atoms with Gasteiger partial charge in [0.2, 0.25) is 5.91 Å². The molecule has 1 saturated heterocycles. The van der Waals surface area contributed by atoms with Gasteiger partial charge in [0.15, 0.2) is 5.16 Å². The van der Waals surface area contributed by atoms with Gasteiger partial charge in [0.25, 0.3) is 5.56 Å². The van der Waals surface area contributed by atoms with Crippen LogP contribution in [0, 0.1) is 5.92 Å². The lowest BCUT2D eigenvalue weighted by atomic mass is 10.1. The van der Waals surface area contributed by atoms with Crippen LogP contribution in [0.4, 0.5) is 4.79 Å². The van der Waals surface area contributed by atoms with E-state index in [9.17, 15) is 14.4 Å². The summed E-state index contributed by atoms with van der Waals surface area (Å²) in [5.74, 6) is -0.609. The first-order valence-electron chi connectivity index (χ1n) is 9.25. The summed E-state index contributed by atoms with van der Waals surface area (Å²) in [7, 11) is 0. The average Bonchev–Trinajstić information content (AvgIpc) is 3.14. The molecule has 2 aromatic rings. The lowest BCUT2D eigenvalue weighted by molar-refractivity contribution is -0.120. The monoisotopic (exact) mass is 404 g/mol. The van der Waals surface area contributed by atoms with E-state index in [-0.39, 0.29) is 17.6 Å². The van der Waals surface area contributed by atoms with Crippen molar-refractivity contribution >= 4 is 34.6 Å². The summed E-state index contributed by atoms with van der Waals surface area (Å²) in [5.41, 5.74) is 5.50. The molecule has 0 unspecified atom stereocenters. The number of nitrogens with one attached hydrogen (secondary N) is 1. The fraction of sp³-hybridized carbons (Fsp3) is 0.474. The van der Waals surface area contributed by atoms with Gasteiger partial charge in [-0.05, 0) is 30.9 Å². The van der Waals surface area contributed by atoms with Crippen LogP contribution in [0.3, 0.4) is 0 Å². The zero-order chi connectivity index (χ0) is 20.3. The van der Waals surface area contributed by atoms with Gasteiger partial charge in [-0.1, -0.05) is 37.7 Å². The molecule has 1 aromatic heterocycles. The van der Waals surface area contributed by atoms with Crippen LogP contribution in [0.15, 0.2) is 34.2 Å². The Morgan fingerprint density at radius 1 is 1.39 bits per heavy atom. The quantitative estimate of drug-likeness (QED) is 0.561. The Labute approximate surface area is 166 Å². The molecule has 0 aliphatic carbocycles. The zero-order valence-corrected chi connectivity index (χ0v) is 16.7. The number of fused-ring (bicyclic) bond motifs is 1. The van der Waals surface area contributed by atoms with Crippen molar-refractivity contribution in [1.82, 2.24) is 14.9 Å². The third-order valence-corrected chi connectivity index (χ3v) is 6.11. The van der Waals surface area contributed by atoms with Gasteiger partial charge in [-0.3, -0.25) is 19.5 Å². The number of thioether (sulfide) groups is 1. The second-order valence-corrected chi connectivity index (χ2v) is 8.21. The highest BCUT2D eigenvalue weighted by atomic mass is 32.2. The number of urea groups is 1. The molecule has 150 valence electrons. The number of benzene rings is 1. The van der Waals surface area contributed by atoms with Crippen LogP contribution in [0.1, 0.15) is 26.7 Å². The van der Waals surface area contributed by atoms with E-state index in [2.05, 4.69) is 10.3 Å². The van der Waals surface area contributed by atoms with Crippen molar-refractivity contribution in [3.8, 4) is 0 Å². The van der Waals surface area contributed by atoms with Crippen LogP contribution < -0.4 is 16.6 Å². The number of hydrogen-bond acceptors (Lipinski definition) is 6. The molecule has 3 N–H and O–H groups in total. The topological polar surface area (TPSA) is 116 Å². The molecular weight excluding hydrogens is 380 g/mol. The Kier molecular flexibility index (Phi) is 6.35. The molecule has 0 bridgehead atoms. The van der Waals surface area contributed by atoms with Crippen LogP contribution in [-0.2, 0) is 16.1 Å². The van der Waals surface area contributed by atoms with E-state index >= 15 is 0 Å². The third-order valence-electron chi connectivity index (χ3n) is 4.58. The van der Waals surface area contributed by atoms with Crippen molar-refractivity contribution in [2.24, 2.45) is 11.7 Å². The van der Waals surface area contributed by atoms with E-state index in [0.29, 0.717) is 29.2 Å². The van der Waals surface area contributed by atoms with E-state index in [1.165, 1.54) is 0 Å². The van der Waals surface area contributed by atoms with Gasteiger partial charge in [-0.15, -0.1) is 0 Å². The fourth-order valence-electron chi connectivity index (χ4n) is 3.19. The lowest BCUT2D eigenvalue weighted by Gasteiger charge is -2.22. The third kappa shape index (κ3) is 4.53. The molecule has 8 nitrogen and oxygen atoms in total. The average molecular weight is 404 g/mol. The molecule has 1 aliphatic heterocycles. The summed E-state index contributed by atoms with van der Waals surface area (Å²) < 4.78 is 7.27. The summed E-state index contributed by atoms with van der Waals surface area (Å²) in [6.45, 7) is 4.78. The maximum Gasteiger partial charge on any atom is 0.318 e. The van der Waals surface area contributed by atoms with E-state index < -0.39 is 17.2 Å². The minimum absolute atomic E-state index is 0.0584. The smallest absolute Gasteiger partial charge is 0.318 e. The Bertz CT molecular complexity index is 937. The van der Waals surface area contributed by atoms with Crippen molar-refractivity contribution < 1.29 is 14.3 Å². The molecule has 28 heavy (non-hydrogen) atoms. The Morgan fingerprint density at radius 2 is 2.14 bits per heavy atom. The van der Waals surface area contributed by atoms with Crippen LogP contribution in [-0.4, -0.2) is 39.5 Å². The second kappa shape index (κ2) is 8.74. The molecule has 9 heteroatoms. The number of amides is 3. The summed E-state index contributed by atoms with van der Waals surface area (Å²) in [6, 6.07) is 6.22. The number of carbonyl (C=O) groups is 2. The predicted molar refractivity (Wildman–Crippen MR) is 107 cm³/mol. The van der Waals surface area contributed by atoms with Crippen LogP contribution in [0.5, 0.6) is 0 Å². The number of rotatable bonds is 6. The van der Waals surface area contributed by atoms with Gasteiger partial charge in [-0.25, -0.2) is 9.78 Å². The summed E-state index contributed by atoms with van der Waals surface area (Å²) in [4.78, 5) is 41.3. The predicted octanol–water partition coefficient (Wildman–Crippen LogP) is 1.89. The van der Waals surface area contributed by atoms with Gasteiger partial charge in [0.05, 0.1) is 28.8 Å². The maximum absolute atomic E-state index is 13.1. The molecule has 1 aliphatic rings. The number of carbonyl (C=O) groups excluding carboxylic acids is 2. The number of para-hydroxylation sites is 1. The zero-order valence-electron chi connectivity index (χ0n) is 15.9. The highest BCUT2D eigenvalue weighted by Gasteiger charge is 2.28. The summed E-state index contributed by atoms with van der Waals surface area (Å²) in [5, 5.41) is 2.45. The van der Waals surface area contributed by atoms with Crippen molar-refractivity contribution in [1.29, 1.82) is 0 Å². The van der Waals surface area contributed by atoms with Crippen LogP contribution in [0.2, 0.25) is 0 Å². The van der Waals surface area contributed by atoms with Gasteiger partial charge in [-0.2, -0.15) is 0 Å². The second-order valence-electron chi connectivity index (χ2n) is 7.10. The van der Waals surface area contributed by atoms with E-state index in [1.807, 2.05) is 19.9 Å². The minimum atomic E-state index is -0.903. The molecule has 1 fully saturated rings. The molecule has 2 heterocycles. The summed E-state index contributed by atoms with van der Waals surface area (Å²) in [6.07, 6.45) is 1.77. The minimum Gasteiger partial charge on any atom is -0.376 e. The molecule has 0 saturated carbocycles. The molecular formula is C19H24N4O4S. The standard InChI is InChI=1S/C19H24N4O4S/c1-11(2)15(16(24)22-18(20)26)28-19-21-14-8-4-3-7-13(14)17(25)23(19)10-12-6-5-9-27-12/h3-4,7-8,11-12,15H,5-6,9-10H2,1-2H3,(H3,20,22,24,26)/t12-,15+/m0/s1. The van der Waals surface area contributed by atoms with Crippen LogP contribution >= 0.6 is 11.8 Å². The van der Waals surface area contributed by atoms with E-state index in [1.54, 1.807) is 22.8 Å². The first kappa shape index (κ1) is 20.3. The number of imide groups is 1. The molecule has 1 aromatic carbocycles. The van der Waals surface area contributed by atoms with E-state index in [0.717, 1.165) is 24.6 Å². The number of nitrogens with zero attached hydrogens (tertiary/aromatic N) is 2. The van der Waals surface area contributed by atoms with Gasteiger partial charge < -0.3 is 10.5 Å². The fourth-order valence-corrected chi connectivity index (χ4v) is 4.29. The number of aromatic nitrogens is 2.